The van der Waals surface area contributed by atoms with Gasteiger partial charge in [-0.15, -0.1) is 0 Å². The second-order valence-electron chi connectivity index (χ2n) is 5.76. The van der Waals surface area contributed by atoms with E-state index in [2.05, 4.69) is 10.3 Å². The number of amides is 1. The normalized spacial score (nSPS) is 11.6. The number of hydrogen-bond acceptors (Lipinski definition) is 4. The number of aromatic nitrogens is 2. The predicted molar refractivity (Wildman–Crippen MR) is 98.5 cm³/mol. The van der Waals surface area contributed by atoms with Crippen LogP contribution in [0.1, 0.15) is 12.5 Å². The minimum Gasteiger partial charge on any atom is -0.497 e. The summed E-state index contributed by atoms with van der Waals surface area (Å²) in [6, 6.07) is 15.0. The van der Waals surface area contributed by atoms with E-state index in [1.807, 2.05) is 47.2 Å². The summed E-state index contributed by atoms with van der Waals surface area (Å²) in [4.78, 5) is 16.5. The molecular weight excluding hydrogens is 330 g/mol. The molecule has 0 bridgehead atoms. The Morgan fingerprint density at radius 2 is 2.00 bits per heavy atom. The molecule has 1 aromatic heterocycles. The van der Waals surface area contributed by atoms with Crippen molar-refractivity contribution >= 4 is 5.91 Å². The largest absolute Gasteiger partial charge is 0.497 e. The van der Waals surface area contributed by atoms with Gasteiger partial charge in [-0.2, -0.15) is 0 Å². The summed E-state index contributed by atoms with van der Waals surface area (Å²) in [6.45, 7) is 2.12. The molecule has 0 aliphatic rings. The molecule has 1 amide bonds. The lowest BCUT2D eigenvalue weighted by molar-refractivity contribution is -0.127. The number of carbonyl (C=O) groups excluding carboxylic acids is 1. The first-order valence-electron chi connectivity index (χ1n) is 8.32. The number of nitrogens with one attached hydrogen (secondary N) is 1. The second-order valence-corrected chi connectivity index (χ2v) is 5.76. The van der Waals surface area contributed by atoms with Crippen LogP contribution >= 0.6 is 0 Å². The maximum absolute atomic E-state index is 12.4. The molecule has 6 heteroatoms. The van der Waals surface area contributed by atoms with Crippen LogP contribution in [0.25, 0.3) is 5.69 Å². The van der Waals surface area contributed by atoms with E-state index in [9.17, 15) is 4.79 Å². The predicted octanol–water partition coefficient (Wildman–Crippen LogP) is 2.96. The monoisotopic (exact) mass is 351 g/mol. The van der Waals surface area contributed by atoms with Gasteiger partial charge in [-0.05, 0) is 30.7 Å². The lowest BCUT2D eigenvalue weighted by atomic mass is 10.1. The fraction of sp³-hybridized carbons (Fsp3) is 0.200. The number of imidazole rings is 1. The lowest BCUT2D eigenvalue weighted by Gasteiger charge is -2.16. The van der Waals surface area contributed by atoms with Crippen LogP contribution in [0, 0.1) is 0 Å². The Morgan fingerprint density at radius 3 is 2.77 bits per heavy atom. The van der Waals surface area contributed by atoms with Gasteiger partial charge in [-0.25, -0.2) is 4.98 Å². The number of rotatable bonds is 7. The van der Waals surface area contributed by atoms with E-state index in [-0.39, 0.29) is 5.91 Å². The van der Waals surface area contributed by atoms with Gasteiger partial charge >= 0.3 is 0 Å². The Hall–Kier alpha value is -3.28. The maximum atomic E-state index is 12.4. The Bertz CT molecular complexity index is 862. The van der Waals surface area contributed by atoms with Crippen LogP contribution in [0.4, 0.5) is 0 Å². The third-order valence-electron chi connectivity index (χ3n) is 3.95. The summed E-state index contributed by atoms with van der Waals surface area (Å²) < 4.78 is 12.8. The Morgan fingerprint density at radius 1 is 1.19 bits per heavy atom. The number of hydrogen-bond donors (Lipinski definition) is 1. The van der Waals surface area contributed by atoms with Gasteiger partial charge in [0.1, 0.15) is 11.5 Å². The zero-order chi connectivity index (χ0) is 18.4. The molecule has 1 atom stereocenters. The molecule has 1 N–H and O–H groups in total. The third-order valence-corrected chi connectivity index (χ3v) is 3.95. The molecule has 3 rings (SSSR count). The van der Waals surface area contributed by atoms with Gasteiger partial charge in [0.15, 0.2) is 6.10 Å². The van der Waals surface area contributed by atoms with Crippen LogP contribution in [-0.4, -0.2) is 28.7 Å². The molecule has 2 aromatic carbocycles. The number of nitrogens with zero attached hydrogens (tertiary/aromatic N) is 2. The number of para-hydroxylation sites is 1. The Kier molecular flexibility index (Phi) is 5.53. The first-order chi connectivity index (χ1) is 12.7. The van der Waals surface area contributed by atoms with Crippen LogP contribution in [0.3, 0.4) is 0 Å². The molecule has 3 aromatic rings. The molecule has 1 heterocycles. The van der Waals surface area contributed by atoms with Gasteiger partial charge in [0.2, 0.25) is 0 Å². The van der Waals surface area contributed by atoms with E-state index in [1.54, 1.807) is 38.7 Å². The highest BCUT2D eigenvalue weighted by Gasteiger charge is 2.15. The van der Waals surface area contributed by atoms with Crippen molar-refractivity contribution in [2.75, 3.05) is 7.11 Å². The summed E-state index contributed by atoms with van der Waals surface area (Å²) in [7, 11) is 1.59. The molecule has 0 fully saturated rings. The van der Waals surface area contributed by atoms with Gasteiger partial charge in [-0.1, -0.05) is 24.3 Å². The van der Waals surface area contributed by atoms with Gasteiger partial charge < -0.3 is 19.4 Å². The Balaban J connectivity index is 1.62. The summed E-state index contributed by atoms with van der Waals surface area (Å²) in [5.41, 5.74) is 1.97. The maximum Gasteiger partial charge on any atom is 0.261 e. The van der Waals surface area contributed by atoms with Crippen molar-refractivity contribution in [1.82, 2.24) is 14.9 Å². The molecule has 6 nitrogen and oxygen atoms in total. The standard InChI is InChI=1S/C20H21N3O3/c1-15(26-18-8-5-7-17(12-18)25-2)20(24)22-13-16-6-3-4-9-19(16)23-11-10-21-14-23/h3-12,14-15H,13H2,1-2H3,(H,22,24)/t15-/m0/s1. The summed E-state index contributed by atoms with van der Waals surface area (Å²) in [5.74, 6) is 1.09. The smallest absolute Gasteiger partial charge is 0.261 e. The van der Waals surface area contributed by atoms with Crippen LogP contribution in [0.2, 0.25) is 0 Å². The zero-order valence-corrected chi connectivity index (χ0v) is 14.8. The van der Waals surface area contributed by atoms with E-state index in [4.69, 9.17) is 9.47 Å². The van der Waals surface area contributed by atoms with Crippen molar-refractivity contribution in [2.24, 2.45) is 0 Å². The van der Waals surface area contributed by atoms with Crippen molar-refractivity contribution in [1.29, 1.82) is 0 Å². The number of benzene rings is 2. The molecule has 26 heavy (non-hydrogen) atoms. The number of carbonyl (C=O) groups is 1. The van der Waals surface area contributed by atoms with Crippen molar-refractivity contribution < 1.29 is 14.3 Å². The number of methoxy groups -OCH3 is 1. The van der Waals surface area contributed by atoms with E-state index >= 15 is 0 Å². The average molecular weight is 351 g/mol. The van der Waals surface area contributed by atoms with E-state index in [0.717, 1.165) is 11.3 Å². The zero-order valence-electron chi connectivity index (χ0n) is 14.8. The quantitative estimate of drug-likeness (QED) is 0.711. The van der Waals surface area contributed by atoms with Gasteiger partial charge in [0.25, 0.3) is 5.91 Å². The fourth-order valence-electron chi connectivity index (χ4n) is 2.57. The molecule has 0 spiro atoms. The topological polar surface area (TPSA) is 65.4 Å². The van der Waals surface area contributed by atoms with Crippen LogP contribution in [0.15, 0.2) is 67.3 Å². The summed E-state index contributed by atoms with van der Waals surface area (Å²) in [5, 5.41) is 2.92. The first-order valence-corrected chi connectivity index (χ1v) is 8.32. The molecule has 0 aliphatic heterocycles. The van der Waals surface area contributed by atoms with Gasteiger partial charge in [-0.3, -0.25) is 4.79 Å². The van der Waals surface area contributed by atoms with Crippen molar-refractivity contribution in [3.8, 4) is 17.2 Å². The van der Waals surface area contributed by atoms with Crippen molar-refractivity contribution in [3.63, 3.8) is 0 Å². The molecule has 0 saturated heterocycles. The van der Waals surface area contributed by atoms with Gasteiger partial charge in [0, 0.05) is 25.0 Å². The van der Waals surface area contributed by atoms with E-state index in [1.165, 1.54) is 0 Å². The van der Waals surface area contributed by atoms with Crippen LogP contribution in [0.5, 0.6) is 11.5 Å². The number of ether oxygens (including phenoxy) is 2. The second kappa shape index (κ2) is 8.20. The summed E-state index contributed by atoms with van der Waals surface area (Å²) >= 11 is 0. The van der Waals surface area contributed by atoms with Crippen LogP contribution < -0.4 is 14.8 Å². The minimum absolute atomic E-state index is 0.187. The molecule has 0 saturated carbocycles. The van der Waals surface area contributed by atoms with Crippen molar-refractivity contribution in [2.45, 2.75) is 19.6 Å². The first kappa shape index (κ1) is 17.5. The fourth-order valence-corrected chi connectivity index (χ4v) is 2.57. The molecular formula is C20H21N3O3. The van der Waals surface area contributed by atoms with Crippen molar-refractivity contribution in [3.05, 3.63) is 72.8 Å². The highest BCUT2D eigenvalue weighted by atomic mass is 16.5. The molecule has 0 unspecified atom stereocenters. The minimum atomic E-state index is -0.623. The third kappa shape index (κ3) is 4.22. The average Bonchev–Trinajstić information content (AvgIpc) is 3.21. The van der Waals surface area contributed by atoms with E-state index in [0.29, 0.717) is 18.0 Å². The highest BCUT2D eigenvalue weighted by molar-refractivity contribution is 5.80. The summed E-state index contributed by atoms with van der Waals surface area (Å²) in [6.07, 6.45) is 4.70. The van der Waals surface area contributed by atoms with E-state index < -0.39 is 6.10 Å². The highest BCUT2D eigenvalue weighted by Crippen LogP contribution is 2.20. The Labute approximate surface area is 152 Å². The van der Waals surface area contributed by atoms with Crippen LogP contribution in [-0.2, 0) is 11.3 Å². The van der Waals surface area contributed by atoms with Gasteiger partial charge in [0.05, 0.1) is 19.1 Å². The molecule has 134 valence electrons. The molecule has 0 radical (unpaired) electrons. The SMILES string of the molecule is COc1cccc(O[C@@H](C)C(=O)NCc2ccccc2-n2ccnc2)c1. The molecule has 0 aliphatic carbocycles. The lowest BCUT2D eigenvalue weighted by Crippen LogP contribution is -2.36.